The highest BCUT2D eigenvalue weighted by molar-refractivity contribution is 7.12. The number of aromatic nitrogens is 2. The number of hydrogen-bond acceptors (Lipinski definition) is 4. The second-order valence-electron chi connectivity index (χ2n) is 6.98. The Morgan fingerprint density at radius 2 is 1.91 bits per heavy atom. The van der Waals surface area contributed by atoms with Crippen LogP contribution >= 0.6 is 22.9 Å². The fourth-order valence-corrected chi connectivity index (χ4v) is 3.96. The van der Waals surface area contributed by atoms with Gasteiger partial charge < -0.3 is 15.2 Å². The zero-order valence-electron chi connectivity index (χ0n) is 16.9. The molecule has 1 atom stereocenters. The van der Waals surface area contributed by atoms with Gasteiger partial charge in [0.15, 0.2) is 0 Å². The number of rotatable bonds is 6. The molecule has 0 aliphatic heterocycles. The summed E-state index contributed by atoms with van der Waals surface area (Å²) in [4.78, 5) is 30.4. The maximum atomic E-state index is 13.4. The normalized spacial score (nSPS) is 11.7. The molecule has 4 rings (SSSR count). The Hall–Kier alpha value is -3.49. The van der Waals surface area contributed by atoms with Crippen LogP contribution in [0.5, 0.6) is 0 Å². The zero-order chi connectivity index (χ0) is 22.7. The van der Waals surface area contributed by atoms with Gasteiger partial charge in [0, 0.05) is 25.0 Å². The number of aryl methyl sites for hydroxylation is 1. The molecule has 0 spiro atoms. The van der Waals surface area contributed by atoms with Crippen molar-refractivity contribution in [2.75, 3.05) is 5.32 Å². The summed E-state index contributed by atoms with van der Waals surface area (Å²) < 4.78 is 15.2. The first-order valence-corrected chi connectivity index (χ1v) is 10.9. The molecule has 0 saturated heterocycles. The molecule has 0 fully saturated rings. The van der Waals surface area contributed by atoms with Gasteiger partial charge in [0.25, 0.3) is 11.8 Å². The first-order chi connectivity index (χ1) is 15.4. The van der Waals surface area contributed by atoms with Gasteiger partial charge in [-0.15, -0.1) is 11.3 Å². The minimum Gasteiger partial charge on any atom is -0.338 e. The van der Waals surface area contributed by atoms with Crippen LogP contribution in [0.2, 0.25) is 5.02 Å². The van der Waals surface area contributed by atoms with Crippen LogP contribution in [-0.2, 0) is 7.05 Å². The maximum Gasteiger partial charge on any atom is 0.265 e. The Morgan fingerprint density at radius 1 is 1.12 bits per heavy atom. The van der Waals surface area contributed by atoms with E-state index in [2.05, 4.69) is 15.6 Å². The molecule has 2 amide bonds. The lowest BCUT2D eigenvalue weighted by Crippen LogP contribution is -2.31. The number of anilines is 1. The van der Waals surface area contributed by atoms with Gasteiger partial charge in [-0.25, -0.2) is 9.37 Å². The molecule has 2 N–H and O–H groups in total. The van der Waals surface area contributed by atoms with Crippen LogP contribution in [0.4, 0.5) is 10.1 Å². The predicted octanol–water partition coefficient (Wildman–Crippen LogP) is 5.05. The van der Waals surface area contributed by atoms with E-state index in [9.17, 15) is 14.0 Å². The van der Waals surface area contributed by atoms with Gasteiger partial charge in [0.1, 0.15) is 17.7 Å². The van der Waals surface area contributed by atoms with Crippen molar-refractivity contribution in [3.63, 3.8) is 0 Å². The van der Waals surface area contributed by atoms with Crippen molar-refractivity contribution in [2.24, 2.45) is 7.05 Å². The Labute approximate surface area is 192 Å². The summed E-state index contributed by atoms with van der Waals surface area (Å²) in [6.07, 6.45) is 3.39. The Kier molecular flexibility index (Phi) is 6.34. The van der Waals surface area contributed by atoms with Crippen LogP contribution < -0.4 is 10.6 Å². The number of carbonyl (C=O) groups is 2. The van der Waals surface area contributed by atoms with Gasteiger partial charge >= 0.3 is 0 Å². The molecular formula is C23H18ClFN4O2S. The maximum absolute atomic E-state index is 13.4. The Bertz CT molecular complexity index is 1260. The summed E-state index contributed by atoms with van der Waals surface area (Å²) >= 11 is 7.54. The van der Waals surface area contributed by atoms with Gasteiger partial charge in [-0.1, -0.05) is 29.8 Å². The van der Waals surface area contributed by atoms with Crippen molar-refractivity contribution in [1.29, 1.82) is 0 Å². The number of thiophene rings is 1. The summed E-state index contributed by atoms with van der Waals surface area (Å²) in [5, 5.41) is 7.79. The van der Waals surface area contributed by atoms with Gasteiger partial charge in [0.05, 0.1) is 15.6 Å². The summed E-state index contributed by atoms with van der Waals surface area (Å²) in [5.41, 5.74) is 1.31. The molecule has 6 nitrogen and oxygen atoms in total. The van der Waals surface area contributed by atoms with E-state index in [1.807, 2.05) is 7.05 Å². The highest BCUT2D eigenvalue weighted by atomic mass is 35.5. The quantitative estimate of drug-likeness (QED) is 0.416. The average Bonchev–Trinajstić information content (AvgIpc) is 3.46. The second kappa shape index (κ2) is 9.33. The molecular weight excluding hydrogens is 451 g/mol. The number of imidazole rings is 1. The van der Waals surface area contributed by atoms with E-state index in [1.165, 1.54) is 29.5 Å². The Morgan fingerprint density at radius 3 is 2.56 bits per heavy atom. The fourth-order valence-electron chi connectivity index (χ4n) is 3.18. The Balaban J connectivity index is 1.60. The summed E-state index contributed by atoms with van der Waals surface area (Å²) in [5.74, 6) is -0.491. The van der Waals surface area contributed by atoms with Crippen molar-refractivity contribution in [2.45, 2.75) is 6.04 Å². The van der Waals surface area contributed by atoms with Crippen LogP contribution in [0.15, 0.2) is 72.4 Å². The summed E-state index contributed by atoms with van der Waals surface area (Å²) in [6, 6.07) is 13.4. The van der Waals surface area contributed by atoms with E-state index >= 15 is 0 Å². The van der Waals surface area contributed by atoms with E-state index in [1.54, 1.807) is 58.7 Å². The molecule has 0 aliphatic carbocycles. The molecule has 9 heteroatoms. The fraction of sp³-hybridized carbons (Fsp3) is 0.0870. The summed E-state index contributed by atoms with van der Waals surface area (Å²) in [7, 11) is 1.81. The van der Waals surface area contributed by atoms with Crippen LogP contribution in [-0.4, -0.2) is 21.4 Å². The molecule has 0 radical (unpaired) electrons. The lowest BCUT2D eigenvalue weighted by atomic mass is 10.0. The van der Waals surface area contributed by atoms with Crippen LogP contribution in [0, 0.1) is 5.82 Å². The highest BCUT2D eigenvalue weighted by Crippen LogP contribution is 2.26. The number of halogens is 2. The third-order valence-electron chi connectivity index (χ3n) is 4.82. The smallest absolute Gasteiger partial charge is 0.265 e. The minimum absolute atomic E-state index is 0.303. The molecule has 2 aromatic carbocycles. The number of benzene rings is 2. The highest BCUT2D eigenvalue weighted by Gasteiger charge is 2.22. The predicted molar refractivity (Wildman–Crippen MR) is 123 cm³/mol. The van der Waals surface area contributed by atoms with Gasteiger partial charge in [-0.2, -0.15) is 0 Å². The largest absolute Gasteiger partial charge is 0.338 e. The van der Waals surface area contributed by atoms with Gasteiger partial charge in [0.2, 0.25) is 0 Å². The number of nitrogens with one attached hydrogen (secondary N) is 2. The van der Waals surface area contributed by atoms with Crippen molar-refractivity contribution in [3.05, 3.63) is 105 Å². The van der Waals surface area contributed by atoms with Crippen LogP contribution in [0.1, 0.15) is 37.5 Å². The third kappa shape index (κ3) is 4.71. The second-order valence-corrected chi connectivity index (χ2v) is 8.34. The zero-order valence-corrected chi connectivity index (χ0v) is 18.5. The molecule has 2 aromatic heterocycles. The van der Waals surface area contributed by atoms with E-state index in [0.29, 0.717) is 32.5 Å². The number of carbonyl (C=O) groups excluding carboxylic acids is 2. The lowest BCUT2D eigenvalue weighted by molar-refractivity contribution is 0.0940. The van der Waals surface area contributed by atoms with Gasteiger partial charge in [-0.3, -0.25) is 9.59 Å². The van der Waals surface area contributed by atoms with Crippen LogP contribution in [0.3, 0.4) is 0 Å². The van der Waals surface area contributed by atoms with Crippen molar-refractivity contribution < 1.29 is 14.0 Å². The lowest BCUT2D eigenvalue weighted by Gasteiger charge is -2.19. The molecule has 32 heavy (non-hydrogen) atoms. The molecule has 1 unspecified atom stereocenters. The monoisotopic (exact) mass is 468 g/mol. The standard InChI is InChI=1S/C23H18ClFN4O2S/c1-29-11-10-26-21(29)20(14-4-7-16(25)8-5-14)28-22(30)15-6-9-17(24)18(13-15)27-23(31)19-3-2-12-32-19/h2-13,20H,1H3,(H,27,31)(H,28,30). The topological polar surface area (TPSA) is 76.0 Å². The van der Waals surface area contributed by atoms with Crippen molar-refractivity contribution >= 4 is 40.4 Å². The molecule has 4 aromatic rings. The van der Waals surface area contributed by atoms with E-state index < -0.39 is 11.9 Å². The molecule has 0 aliphatic rings. The first-order valence-electron chi connectivity index (χ1n) is 9.60. The number of nitrogens with zero attached hydrogens (tertiary/aromatic N) is 2. The number of hydrogen-bond donors (Lipinski definition) is 2. The van der Waals surface area contributed by atoms with Crippen LogP contribution in [0.25, 0.3) is 0 Å². The molecule has 162 valence electrons. The minimum atomic E-state index is -0.608. The van der Waals surface area contributed by atoms with E-state index in [-0.39, 0.29) is 11.7 Å². The van der Waals surface area contributed by atoms with Crippen molar-refractivity contribution in [3.8, 4) is 0 Å². The summed E-state index contributed by atoms with van der Waals surface area (Å²) in [6.45, 7) is 0. The number of amides is 2. The van der Waals surface area contributed by atoms with Crippen molar-refractivity contribution in [1.82, 2.24) is 14.9 Å². The molecule has 0 bridgehead atoms. The van der Waals surface area contributed by atoms with E-state index in [0.717, 1.165) is 0 Å². The molecule has 0 saturated carbocycles. The third-order valence-corrected chi connectivity index (χ3v) is 6.02. The SMILES string of the molecule is Cn1ccnc1C(NC(=O)c1ccc(Cl)c(NC(=O)c2cccs2)c1)c1ccc(F)cc1. The van der Waals surface area contributed by atoms with E-state index in [4.69, 9.17) is 11.6 Å². The molecule has 2 heterocycles. The first kappa shape index (κ1) is 21.7. The van der Waals surface area contributed by atoms with Gasteiger partial charge in [-0.05, 0) is 47.3 Å². The average molecular weight is 469 g/mol.